The number of allylic oxidation sites excluding steroid dienone is 2. The molecule has 1 aromatic rings. The fourth-order valence-electron chi connectivity index (χ4n) is 5.85. The van der Waals surface area contributed by atoms with E-state index < -0.39 is 10.3 Å². The van der Waals surface area contributed by atoms with Gasteiger partial charge in [0, 0.05) is 35.0 Å². The highest BCUT2D eigenvalue weighted by Crippen LogP contribution is 2.64. The van der Waals surface area contributed by atoms with Crippen LogP contribution in [0, 0.1) is 5.92 Å². The van der Waals surface area contributed by atoms with E-state index in [1.54, 1.807) is 23.1 Å². The lowest BCUT2D eigenvalue weighted by Crippen LogP contribution is -2.67. The first kappa shape index (κ1) is 22.2. The van der Waals surface area contributed by atoms with Gasteiger partial charge in [-0.2, -0.15) is 0 Å². The molecule has 1 unspecified atom stereocenters. The number of nitrogens with zero attached hydrogens (tertiary/aromatic N) is 2. The average Bonchev–Trinajstić information content (AvgIpc) is 3.29. The van der Waals surface area contributed by atoms with E-state index in [2.05, 4.69) is 11.9 Å². The van der Waals surface area contributed by atoms with Crippen molar-refractivity contribution in [3.8, 4) is 0 Å². The molecule has 3 aliphatic heterocycles. The third-order valence-electron chi connectivity index (χ3n) is 7.02. The molecular weight excluding hydrogens is 485 g/mol. The van der Waals surface area contributed by atoms with Gasteiger partial charge in [0.25, 0.3) is 0 Å². The van der Waals surface area contributed by atoms with E-state index in [0.717, 1.165) is 5.56 Å². The number of thiocarbonyl (C=S) groups is 1. The van der Waals surface area contributed by atoms with Crippen LogP contribution in [0.5, 0.6) is 0 Å². The predicted molar refractivity (Wildman–Crippen MR) is 133 cm³/mol. The van der Waals surface area contributed by atoms with Gasteiger partial charge in [0.1, 0.15) is 14.6 Å². The van der Waals surface area contributed by atoms with Gasteiger partial charge < -0.3 is 5.32 Å². The summed E-state index contributed by atoms with van der Waals surface area (Å²) in [5, 5.41) is 4.25. The van der Waals surface area contributed by atoms with Crippen LogP contribution in [0.2, 0.25) is 5.02 Å². The maximum absolute atomic E-state index is 14.3. The molecular formula is C23H21Cl2N3O2S2. The number of benzene rings is 1. The third-order valence-corrected chi connectivity index (χ3v) is 9.47. The first-order valence-corrected chi connectivity index (χ1v) is 12.2. The smallest absolute Gasteiger partial charge is 0.248 e. The topological polar surface area (TPSA) is 52.7 Å². The minimum atomic E-state index is -1.17. The number of fused-ring (bicyclic) bond motifs is 3. The summed E-state index contributed by atoms with van der Waals surface area (Å²) < 4.78 is -0.719. The van der Waals surface area contributed by atoms with Gasteiger partial charge in [0.05, 0.1) is 6.04 Å². The lowest BCUT2D eigenvalue weighted by Gasteiger charge is -2.45. The van der Waals surface area contributed by atoms with Crippen molar-refractivity contribution in [1.82, 2.24) is 15.1 Å². The van der Waals surface area contributed by atoms with Gasteiger partial charge in [-0.15, -0.1) is 6.58 Å². The van der Waals surface area contributed by atoms with Gasteiger partial charge in [-0.3, -0.25) is 19.4 Å². The van der Waals surface area contributed by atoms with E-state index in [-0.39, 0.29) is 29.7 Å². The Kier molecular flexibility index (Phi) is 5.34. The summed E-state index contributed by atoms with van der Waals surface area (Å²) in [6.07, 6.45) is 7.24. The second-order valence-corrected chi connectivity index (χ2v) is 11.3. The standard InChI is InChI=1S/C23H21Cl2N3O2S2/c1-3-9-28-20(30)23(32-21(28)31)17(13-5-4-6-14(24)10-13)12-27(2)22(23)16-11-15(25)7-8-18(16)26-19(22)29/h3-8,10-11,16-18H,1,9,12H2,2H3,(H,26,29)/t16-,17+,18?,22-,23-/m1/s1. The van der Waals surface area contributed by atoms with Crippen molar-refractivity contribution in [2.45, 2.75) is 22.2 Å². The Bertz CT molecular complexity index is 1120. The Morgan fingerprint density at radius 1 is 1.38 bits per heavy atom. The Labute approximate surface area is 206 Å². The second-order valence-electron chi connectivity index (χ2n) is 8.50. The summed E-state index contributed by atoms with van der Waals surface area (Å²) in [6, 6.07) is 7.26. The van der Waals surface area contributed by atoms with Gasteiger partial charge in [-0.05, 0) is 30.8 Å². The van der Waals surface area contributed by atoms with Crippen molar-refractivity contribution in [1.29, 1.82) is 0 Å². The molecule has 32 heavy (non-hydrogen) atoms. The van der Waals surface area contributed by atoms with Crippen LogP contribution < -0.4 is 5.32 Å². The minimum Gasteiger partial charge on any atom is -0.348 e. The number of hydrogen-bond acceptors (Lipinski definition) is 5. The molecule has 9 heteroatoms. The molecule has 166 valence electrons. The van der Waals surface area contributed by atoms with Gasteiger partial charge in [-0.1, -0.05) is 77.5 Å². The number of thioether (sulfide) groups is 1. The van der Waals surface area contributed by atoms with E-state index in [0.29, 0.717) is 27.5 Å². The molecule has 5 rings (SSSR count). The first-order valence-electron chi connectivity index (χ1n) is 10.3. The Morgan fingerprint density at radius 2 is 2.16 bits per heavy atom. The number of halogens is 2. The highest BCUT2D eigenvalue weighted by Gasteiger charge is 2.79. The van der Waals surface area contributed by atoms with Crippen LogP contribution in [0.1, 0.15) is 11.5 Å². The molecule has 0 saturated carbocycles. The Balaban J connectivity index is 1.78. The van der Waals surface area contributed by atoms with E-state index >= 15 is 0 Å². The maximum Gasteiger partial charge on any atom is 0.248 e. The van der Waals surface area contributed by atoms with Crippen LogP contribution in [0.15, 0.2) is 60.2 Å². The lowest BCUT2D eigenvalue weighted by atomic mass is 9.67. The zero-order valence-corrected chi connectivity index (χ0v) is 20.4. The summed E-state index contributed by atoms with van der Waals surface area (Å²) in [4.78, 5) is 31.7. The van der Waals surface area contributed by atoms with Gasteiger partial charge in [0.2, 0.25) is 11.8 Å². The third kappa shape index (κ3) is 2.72. The number of hydrogen-bond donors (Lipinski definition) is 1. The van der Waals surface area contributed by atoms with Crippen molar-refractivity contribution in [2.24, 2.45) is 5.92 Å². The molecule has 2 amide bonds. The van der Waals surface area contributed by atoms with Gasteiger partial charge in [0.15, 0.2) is 0 Å². The maximum atomic E-state index is 14.3. The van der Waals surface area contributed by atoms with Gasteiger partial charge in [-0.25, -0.2) is 0 Å². The lowest BCUT2D eigenvalue weighted by molar-refractivity contribution is -0.139. The fraction of sp³-hybridized carbons (Fsp3) is 0.348. The molecule has 0 aromatic heterocycles. The molecule has 1 aliphatic carbocycles. The van der Waals surface area contributed by atoms with E-state index in [1.807, 2.05) is 42.3 Å². The Hall–Kier alpha value is -1.64. The van der Waals surface area contributed by atoms with E-state index in [9.17, 15) is 9.59 Å². The number of rotatable bonds is 3. The highest BCUT2D eigenvalue weighted by atomic mass is 35.5. The zero-order chi connectivity index (χ0) is 22.8. The quantitative estimate of drug-likeness (QED) is 0.501. The first-order chi connectivity index (χ1) is 15.3. The number of carbonyl (C=O) groups is 2. The average molecular weight is 506 g/mol. The monoisotopic (exact) mass is 505 g/mol. The number of carbonyl (C=O) groups excluding carboxylic acids is 2. The molecule has 3 saturated heterocycles. The van der Waals surface area contributed by atoms with Gasteiger partial charge >= 0.3 is 0 Å². The molecule has 5 atom stereocenters. The molecule has 1 aromatic carbocycles. The molecule has 0 radical (unpaired) electrons. The van der Waals surface area contributed by atoms with Crippen LogP contribution in [0.25, 0.3) is 0 Å². The summed E-state index contributed by atoms with van der Waals surface area (Å²) in [5.74, 6) is -0.990. The zero-order valence-electron chi connectivity index (χ0n) is 17.3. The van der Waals surface area contributed by atoms with Crippen molar-refractivity contribution in [2.75, 3.05) is 20.1 Å². The van der Waals surface area contributed by atoms with E-state index in [1.165, 1.54) is 11.8 Å². The van der Waals surface area contributed by atoms with Crippen molar-refractivity contribution in [3.63, 3.8) is 0 Å². The molecule has 0 bridgehead atoms. The fourth-order valence-corrected chi connectivity index (χ4v) is 8.44. The normalized spacial score (nSPS) is 36.2. The number of likely N-dealkylation sites (N-methyl/N-ethyl adjacent to an activating group) is 1. The largest absolute Gasteiger partial charge is 0.348 e. The summed E-state index contributed by atoms with van der Waals surface area (Å²) in [5.41, 5.74) is -0.264. The summed E-state index contributed by atoms with van der Waals surface area (Å²) >= 11 is 19.7. The molecule has 4 aliphatic rings. The molecule has 2 spiro atoms. The summed E-state index contributed by atoms with van der Waals surface area (Å²) in [7, 11) is 1.90. The van der Waals surface area contributed by atoms with Crippen LogP contribution >= 0.6 is 47.2 Å². The van der Waals surface area contributed by atoms with Crippen molar-refractivity contribution in [3.05, 3.63) is 70.8 Å². The van der Waals surface area contributed by atoms with Crippen molar-refractivity contribution < 1.29 is 9.59 Å². The second kappa shape index (κ2) is 7.71. The van der Waals surface area contributed by atoms with Crippen molar-refractivity contribution >= 4 is 63.3 Å². The van der Waals surface area contributed by atoms with E-state index in [4.69, 9.17) is 35.4 Å². The van der Waals surface area contributed by atoms with Crippen LogP contribution in [-0.2, 0) is 9.59 Å². The number of likely N-dealkylation sites (tertiary alicyclic amines) is 1. The minimum absolute atomic E-state index is 0.170. The SMILES string of the molecule is C=CCN1C(=O)[C@]2(SC1=S)[C@H](c1cccc(Cl)c1)CN(C)[C@]21C(=O)NC2C=CC(Cl)=C[C@H]21. The highest BCUT2D eigenvalue weighted by molar-refractivity contribution is 8.25. The number of amides is 2. The molecule has 3 fully saturated rings. The van der Waals surface area contributed by atoms with Crippen LogP contribution in [0.3, 0.4) is 0 Å². The van der Waals surface area contributed by atoms with Crippen LogP contribution in [-0.4, -0.2) is 62.4 Å². The molecule has 5 nitrogen and oxygen atoms in total. The molecule has 3 heterocycles. The Morgan fingerprint density at radius 3 is 2.88 bits per heavy atom. The van der Waals surface area contributed by atoms with Crippen LogP contribution in [0.4, 0.5) is 0 Å². The number of nitrogens with one attached hydrogen (secondary N) is 1. The summed E-state index contributed by atoms with van der Waals surface area (Å²) in [6.45, 7) is 4.57. The predicted octanol–water partition coefficient (Wildman–Crippen LogP) is 3.70. The molecule has 1 N–H and O–H groups in total.